The first-order valence-electron chi connectivity index (χ1n) is 9.97. The molecule has 2 aliphatic carbocycles. The van der Waals surface area contributed by atoms with Gasteiger partial charge in [-0.25, -0.2) is 0 Å². The summed E-state index contributed by atoms with van der Waals surface area (Å²) in [5, 5.41) is 0. The minimum atomic E-state index is 0.0302. The second-order valence-corrected chi connectivity index (χ2v) is 7.67. The Kier molecular flexibility index (Phi) is 8.33. The second-order valence-electron chi connectivity index (χ2n) is 7.67. The molecule has 0 bridgehead atoms. The van der Waals surface area contributed by atoms with Gasteiger partial charge in [0.2, 0.25) is 0 Å². The minimum absolute atomic E-state index is 0.0302. The van der Waals surface area contributed by atoms with E-state index in [9.17, 15) is 4.79 Å². The lowest BCUT2D eigenvalue weighted by molar-refractivity contribution is -0.151. The summed E-state index contributed by atoms with van der Waals surface area (Å²) in [6, 6.07) is 0. The van der Waals surface area contributed by atoms with Crippen molar-refractivity contribution in [3.05, 3.63) is 0 Å². The van der Waals surface area contributed by atoms with Gasteiger partial charge in [-0.15, -0.1) is 0 Å². The molecule has 0 saturated heterocycles. The maximum Gasteiger partial charge on any atom is 0.306 e. The van der Waals surface area contributed by atoms with Crippen molar-refractivity contribution >= 4 is 5.97 Å². The standard InChI is InChI=1S/C20H36O2/c1-2-3-12-20(21)22-19-15-13-18(14-16-19)11-7-10-17-8-5-4-6-9-17/h17-19H,2-16H2,1H3. The number of unbranched alkanes of at least 4 members (excludes halogenated alkanes) is 1. The first kappa shape index (κ1) is 17.8. The van der Waals surface area contributed by atoms with E-state index < -0.39 is 0 Å². The molecule has 0 aromatic rings. The molecule has 0 aliphatic heterocycles. The predicted molar refractivity (Wildman–Crippen MR) is 91.8 cm³/mol. The Morgan fingerprint density at radius 2 is 1.50 bits per heavy atom. The first-order chi connectivity index (χ1) is 10.8. The summed E-state index contributed by atoms with van der Waals surface area (Å²) in [7, 11) is 0. The van der Waals surface area contributed by atoms with Crippen molar-refractivity contribution < 1.29 is 9.53 Å². The Labute approximate surface area is 137 Å². The van der Waals surface area contributed by atoms with Crippen molar-refractivity contribution in [3.8, 4) is 0 Å². The van der Waals surface area contributed by atoms with E-state index in [1.165, 1.54) is 64.2 Å². The van der Waals surface area contributed by atoms with E-state index in [0.717, 1.165) is 37.5 Å². The van der Waals surface area contributed by atoms with Crippen molar-refractivity contribution in [2.24, 2.45) is 11.8 Å². The molecule has 0 aromatic heterocycles. The number of esters is 1. The molecule has 2 fully saturated rings. The van der Waals surface area contributed by atoms with Gasteiger partial charge in [0.1, 0.15) is 6.10 Å². The molecule has 0 radical (unpaired) electrons. The molecule has 2 heteroatoms. The highest BCUT2D eigenvalue weighted by Crippen LogP contribution is 2.33. The SMILES string of the molecule is CCCCC(=O)OC1CCC(CCCC2CCCCC2)CC1. The largest absolute Gasteiger partial charge is 0.462 e. The van der Waals surface area contributed by atoms with Gasteiger partial charge >= 0.3 is 5.97 Å². The molecule has 0 amide bonds. The Morgan fingerprint density at radius 3 is 2.14 bits per heavy atom. The summed E-state index contributed by atoms with van der Waals surface area (Å²) >= 11 is 0. The van der Waals surface area contributed by atoms with Crippen LogP contribution in [0.1, 0.15) is 103 Å². The lowest BCUT2D eigenvalue weighted by Crippen LogP contribution is -2.24. The predicted octanol–water partition coefficient (Wildman–Crippen LogP) is 6.03. The quantitative estimate of drug-likeness (QED) is 0.512. The van der Waals surface area contributed by atoms with Crippen LogP contribution in [0.5, 0.6) is 0 Å². The average molecular weight is 309 g/mol. The van der Waals surface area contributed by atoms with Crippen LogP contribution in [0, 0.1) is 11.8 Å². The highest BCUT2D eigenvalue weighted by molar-refractivity contribution is 5.69. The molecule has 0 atom stereocenters. The van der Waals surface area contributed by atoms with Gasteiger partial charge in [-0.1, -0.05) is 64.7 Å². The van der Waals surface area contributed by atoms with Crippen LogP contribution in [0.15, 0.2) is 0 Å². The van der Waals surface area contributed by atoms with Gasteiger partial charge < -0.3 is 4.74 Å². The van der Waals surface area contributed by atoms with Gasteiger partial charge in [0.25, 0.3) is 0 Å². The number of rotatable bonds is 8. The van der Waals surface area contributed by atoms with E-state index in [0.29, 0.717) is 6.42 Å². The van der Waals surface area contributed by atoms with Gasteiger partial charge in [0.05, 0.1) is 0 Å². The van der Waals surface area contributed by atoms with Crippen molar-refractivity contribution in [1.29, 1.82) is 0 Å². The molecule has 0 N–H and O–H groups in total. The van der Waals surface area contributed by atoms with Crippen LogP contribution in [0.25, 0.3) is 0 Å². The molecule has 2 rings (SSSR count). The highest BCUT2D eigenvalue weighted by Gasteiger charge is 2.24. The Morgan fingerprint density at radius 1 is 0.864 bits per heavy atom. The van der Waals surface area contributed by atoms with E-state index in [2.05, 4.69) is 6.92 Å². The molecule has 22 heavy (non-hydrogen) atoms. The van der Waals surface area contributed by atoms with Crippen molar-refractivity contribution in [2.75, 3.05) is 0 Å². The molecule has 0 heterocycles. The van der Waals surface area contributed by atoms with E-state index in [4.69, 9.17) is 4.74 Å². The number of ether oxygens (including phenoxy) is 1. The zero-order chi connectivity index (χ0) is 15.6. The number of carbonyl (C=O) groups excluding carboxylic acids is 1. The van der Waals surface area contributed by atoms with Crippen LogP contribution in [0.3, 0.4) is 0 Å². The highest BCUT2D eigenvalue weighted by atomic mass is 16.5. The molecule has 0 spiro atoms. The monoisotopic (exact) mass is 308 g/mol. The third-order valence-corrected chi connectivity index (χ3v) is 5.78. The normalized spacial score (nSPS) is 26.8. The molecule has 0 unspecified atom stereocenters. The van der Waals surface area contributed by atoms with Crippen LogP contribution in [0.2, 0.25) is 0 Å². The summed E-state index contributed by atoms with van der Waals surface area (Å²) in [6.07, 6.45) is 19.3. The van der Waals surface area contributed by atoms with Gasteiger partial charge in [-0.2, -0.15) is 0 Å². The van der Waals surface area contributed by atoms with Crippen LogP contribution < -0.4 is 0 Å². The summed E-state index contributed by atoms with van der Waals surface area (Å²) in [6.45, 7) is 2.12. The first-order valence-corrected chi connectivity index (χ1v) is 9.97. The van der Waals surface area contributed by atoms with E-state index in [1.54, 1.807) is 0 Å². The number of hydrogen-bond donors (Lipinski definition) is 0. The zero-order valence-electron chi connectivity index (χ0n) is 14.7. The molecule has 128 valence electrons. The summed E-state index contributed by atoms with van der Waals surface area (Å²) in [4.78, 5) is 11.7. The van der Waals surface area contributed by atoms with Gasteiger partial charge in [-0.05, 0) is 43.9 Å². The van der Waals surface area contributed by atoms with Gasteiger partial charge in [0.15, 0.2) is 0 Å². The lowest BCUT2D eigenvalue weighted by Gasteiger charge is -2.29. The molecule has 2 nitrogen and oxygen atoms in total. The lowest BCUT2D eigenvalue weighted by atomic mass is 9.81. The number of carbonyl (C=O) groups is 1. The Balaban J connectivity index is 1.52. The number of hydrogen-bond acceptors (Lipinski definition) is 2. The van der Waals surface area contributed by atoms with Crippen molar-refractivity contribution in [1.82, 2.24) is 0 Å². The van der Waals surface area contributed by atoms with Gasteiger partial charge in [-0.3, -0.25) is 4.79 Å². The zero-order valence-corrected chi connectivity index (χ0v) is 14.7. The maximum atomic E-state index is 11.7. The van der Waals surface area contributed by atoms with E-state index in [-0.39, 0.29) is 12.1 Å². The third kappa shape index (κ3) is 6.71. The summed E-state index contributed by atoms with van der Waals surface area (Å²) in [5.74, 6) is 1.96. The third-order valence-electron chi connectivity index (χ3n) is 5.78. The van der Waals surface area contributed by atoms with E-state index in [1.807, 2.05) is 0 Å². The van der Waals surface area contributed by atoms with Crippen molar-refractivity contribution in [2.45, 2.75) is 109 Å². The summed E-state index contributed by atoms with van der Waals surface area (Å²) < 4.78 is 5.60. The van der Waals surface area contributed by atoms with Crippen LogP contribution in [0.4, 0.5) is 0 Å². The molecule has 0 aromatic carbocycles. The van der Waals surface area contributed by atoms with Gasteiger partial charge in [0, 0.05) is 6.42 Å². The Hall–Kier alpha value is -0.530. The maximum absolute atomic E-state index is 11.7. The minimum Gasteiger partial charge on any atom is -0.462 e. The fourth-order valence-electron chi connectivity index (χ4n) is 4.28. The average Bonchev–Trinajstić information content (AvgIpc) is 2.55. The second kappa shape index (κ2) is 10.3. The fourth-order valence-corrected chi connectivity index (χ4v) is 4.28. The molecular weight excluding hydrogens is 272 g/mol. The molecular formula is C20H36O2. The topological polar surface area (TPSA) is 26.3 Å². The van der Waals surface area contributed by atoms with E-state index >= 15 is 0 Å². The fraction of sp³-hybridized carbons (Fsp3) is 0.950. The van der Waals surface area contributed by atoms with Crippen LogP contribution in [-0.4, -0.2) is 12.1 Å². The van der Waals surface area contributed by atoms with Crippen LogP contribution in [-0.2, 0) is 9.53 Å². The molecule has 2 aliphatic rings. The van der Waals surface area contributed by atoms with Crippen molar-refractivity contribution in [3.63, 3.8) is 0 Å². The Bertz CT molecular complexity index is 299. The smallest absolute Gasteiger partial charge is 0.306 e. The molecule has 2 saturated carbocycles. The summed E-state index contributed by atoms with van der Waals surface area (Å²) in [5.41, 5.74) is 0. The van der Waals surface area contributed by atoms with Crippen LogP contribution >= 0.6 is 0 Å².